The summed E-state index contributed by atoms with van der Waals surface area (Å²) in [6, 6.07) is 0. The number of fused-ring (bicyclic) bond motifs is 1. The molecule has 0 aliphatic carbocycles. The highest BCUT2D eigenvalue weighted by molar-refractivity contribution is 7.98. The first-order chi connectivity index (χ1) is 10.3. The Morgan fingerprint density at radius 1 is 1.38 bits per heavy atom. The summed E-state index contributed by atoms with van der Waals surface area (Å²) in [6.45, 7) is 0.445. The number of nitrogens with zero attached hydrogens (tertiary/aromatic N) is 6. The summed E-state index contributed by atoms with van der Waals surface area (Å²) >= 11 is 3.15. The normalized spacial score (nSPS) is 11.8. The van der Waals surface area contributed by atoms with Gasteiger partial charge in [-0.1, -0.05) is 11.8 Å². The van der Waals surface area contributed by atoms with Crippen LogP contribution in [-0.2, 0) is 21.8 Å². The third-order valence-corrected chi connectivity index (χ3v) is 4.60. The van der Waals surface area contributed by atoms with Gasteiger partial charge in [0.2, 0.25) is 5.16 Å². The Bertz CT molecular complexity index is 676. The fraction of sp³-hybridized carbons (Fsp3) is 0.455. The largest absolute Gasteiger partial charge is 0.354 e. The van der Waals surface area contributed by atoms with E-state index < -0.39 is 0 Å². The standard InChI is InChI=1S/C11H14N6O2S2/c1-18-9(19-2)6-17-11(13-14-15-17)21-7-8-5-16-3-4-20-10(16)12-8/h3-5,9H,6-7H2,1-2H3. The molecule has 8 nitrogen and oxygen atoms in total. The second kappa shape index (κ2) is 6.52. The lowest BCUT2D eigenvalue weighted by molar-refractivity contribution is -0.113. The van der Waals surface area contributed by atoms with Crippen LogP contribution in [0.25, 0.3) is 4.96 Å². The smallest absolute Gasteiger partial charge is 0.209 e. The molecule has 10 heteroatoms. The van der Waals surface area contributed by atoms with Gasteiger partial charge in [0.15, 0.2) is 11.3 Å². The van der Waals surface area contributed by atoms with E-state index in [0.29, 0.717) is 17.5 Å². The molecule has 0 N–H and O–H groups in total. The number of thioether (sulfide) groups is 1. The minimum atomic E-state index is -0.370. The molecule has 0 spiro atoms. The van der Waals surface area contributed by atoms with Crippen molar-refractivity contribution in [2.24, 2.45) is 0 Å². The van der Waals surface area contributed by atoms with Crippen LogP contribution >= 0.6 is 23.1 Å². The molecule has 3 heterocycles. The molecular formula is C11H14N6O2S2. The van der Waals surface area contributed by atoms with Crippen LogP contribution in [0.3, 0.4) is 0 Å². The van der Waals surface area contributed by atoms with E-state index in [1.807, 2.05) is 22.2 Å². The van der Waals surface area contributed by atoms with Crippen molar-refractivity contribution in [3.63, 3.8) is 0 Å². The van der Waals surface area contributed by atoms with Gasteiger partial charge in [0.1, 0.15) is 0 Å². The molecule has 0 atom stereocenters. The maximum absolute atomic E-state index is 5.16. The monoisotopic (exact) mass is 326 g/mol. The molecule has 0 aliphatic rings. The third kappa shape index (κ3) is 3.23. The van der Waals surface area contributed by atoms with Crippen molar-refractivity contribution in [2.45, 2.75) is 23.7 Å². The Kier molecular flexibility index (Phi) is 4.48. The summed E-state index contributed by atoms with van der Waals surface area (Å²) in [6.07, 6.45) is 3.64. The van der Waals surface area contributed by atoms with Crippen molar-refractivity contribution >= 4 is 28.1 Å². The lowest BCUT2D eigenvalue weighted by atomic mass is 10.6. The average molecular weight is 326 g/mol. The highest BCUT2D eigenvalue weighted by Crippen LogP contribution is 2.21. The van der Waals surface area contributed by atoms with Crippen molar-refractivity contribution in [1.29, 1.82) is 0 Å². The van der Waals surface area contributed by atoms with Gasteiger partial charge < -0.3 is 9.47 Å². The first kappa shape index (κ1) is 14.4. The molecule has 112 valence electrons. The van der Waals surface area contributed by atoms with Crippen LogP contribution < -0.4 is 0 Å². The van der Waals surface area contributed by atoms with Gasteiger partial charge in [-0.25, -0.2) is 9.67 Å². The fourth-order valence-electron chi connectivity index (χ4n) is 1.79. The van der Waals surface area contributed by atoms with Gasteiger partial charge >= 0.3 is 0 Å². The van der Waals surface area contributed by atoms with E-state index in [2.05, 4.69) is 20.5 Å². The lowest BCUT2D eigenvalue weighted by Gasteiger charge is -2.13. The molecule has 21 heavy (non-hydrogen) atoms. The van der Waals surface area contributed by atoms with Crippen molar-refractivity contribution < 1.29 is 9.47 Å². The second-order valence-corrected chi connectivity index (χ2v) is 5.97. The van der Waals surface area contributed by atoms with E-state index in [-0.39, 0.29) is 6.29 Å². The zero-order valence-electron chi connectivity index (χ0n) is 11.5. The van der Waals surface area contributed by atoms with Crippen molar-refractivity contribution in [2.75, 3.05) is 14.2 Å². The third-order valence-electron chi connectivity index (χ3n) is 2.84. The quantitative estimate of drug-likeness (QED) is 0.478. The predicted molar refractivity (Wildman–Crippen MR) is 78.3 cm³/mol. The summed E-state index contributed by atoms with van der Waals surface area (Å²) in [7, 11) is 3.17. The first-order valence-electron chi connectivity index (χ1n) is 6.15. The summed E-state index contributed by atoms with van der Waals surface area (Å²) in [5, 5.41) is 14.4. The van der Waals surface area contributed by atoms with E-state index in [1.54, 1.807) is 30.2 Å². The minimum Gasteiger partial charge on any atom is -0.354 e. The van der Waals surface area contributed by atoms with Crippen LogP contribution in [0.2, 0.25) is 0 Å². The molecular weight excluding hydrogens is 312 g/mol. The van der Waals surface area contributed by atoms with Gasteiger partial charge in [0.25, 0.3) is 0 Å². The predicted octanol–water partition coefficient (Wildman–Crippen LogP) is 1.29. The Morgan fingerprint density at radius 2 is 2.24 bits per heavy atom. The number of hydrogen-bond donors (Lipinski definition) is 0. The van der Waals surface area contributed by atoms with Crippen LogP contribution in [0, 0.1) is 0 Å². The van der Waals surface area contributed by atoms with Crippen molar-refractivity contribution in [3.8, 4) is 0 Å². The van der Waals surface area contributed by atoms with Crippen LogP contribution in [-0.4, -0.2) is 50.1 Å². The van der Waals surface area contributed by atoms with Crippen LogP contribution in [0.15, 0.2) is 22.9 Å². The number of hydrogen-bond acceptors (Lipinski definition) is 8. The summed E-state index contributed by atoms with van der Waals surface area (Å²) < 4.78 is 14.0. The maximum Gasteiger partial charge on any atom is 0.209 e. The molecule has 0 radical (unpaired) electrons. The summed E-state index contributed by atoms with van der Waals surface area (Å²) in [4.78, 5) is 5.52. The molecule has 3 aromatic rings. The number of ether oxygens (including phenoxy) is 2. The summed E-state index contributed by atoms with van der Waals surface area (Å²) in [5.41, 5.74) is 0.997. The number of imidazole rings is 1. The summed E-state index contributed by atoms with van der Waals surface area (Å²) in [5.74, 6) is 0.708. The molecule has 0 bridgehead atoms. The van der Waals surface area contributed by atoms with Gasteiger partial charge in [-0.3, -0.25) is 4.40 Å². The van der Waals surface area contributed by atoms with E-state index in [0.717, 1.165) is 10.7 Å². The van der Waals surface area contributed by atoms with Crippen LogP contribution in [0.5, 0.6) is 0 Å². The second-order valence-electron chi connectivity index (χ2n) is 4.16. The van der Waals surface area contributed by atoms with Crippen LogP contribution in [0.4, 0.5) is 0 Å². The fourth-order valence-corrected chi connectivity index (χ4v) is 3.27. The molecule has 0 fully saturated rings. The number of thiazole rings is 1. The highest BCUT2D eigenvalue weighted by atomic mass is 32.2. The van der Waals surface area contributed by atoms with Gasteiger partial charge in [-0.15, -0.1) is 16.4 Å². The zero-order valence-corrected chi connectivity index (χ0v) is 13.2. The minimum absolute atomic E-state index is 0.370. The number of methoxy groups -OCH3 is 2. The topological polar surface area (TPSA) is 79.4 Å². The SMILES string of the molecule is COC(Cn1nnnc1SCc1cn2ccsc2n1)OC. The van der Waals surface area contributed by atoms with Crippen molar-refractivity contribution in [3.05, 3.63) is 23.5 Å². The van der Waals surface area contributed by atoms with Gasteiger partial charge in [0, 0.05) is 37.7 Å². The molecule has 0 unspecified atom stereocenters. The number of rotatable bonds is 7. The zero-order chi connectivity index (χ0) is 14.7. The van der Waals surface area contributed by atoms with E-state index in [9.17, 15) is 0 Å². The lowest BCUT2D eigenvalue weighted by Crippen LogP contribution is -2.21. The van der Waals surface area contributed by atoms with Gasteiger partial charge in [0.05, 0.1) is 12.2 Å². The molecule has 0 aromatic carbocycles. The van der Waals surface area contributed by atoms with E-state index in [4.69, 9.17) is 9.47 Å². The molecule has 0 amide bonds. The average Bonchev–Trinajstić information content (AvgIpc) is 3.18. The molecule has 3 rings (SSSR count). The van der Waals surface area contributed by atoms with E-state index in [1.165, 1.54) is 11.8 Å². The molecule has 0 saturated carbocycles. The van der Waals surface area contributed by atoms with Gasteiger partial charge in [-0.2, -0.15) is 0 Å². The molecule has 0 aliphatic heterocycles. The van der Waals surface area contributed by atoms with Gasteiger partial charge in [-0.05, 0) is 10.4 Å². The highest BCUT2D eigenvalue weighted by Gasteiger charge is 2.13. The van der Waals surface area contributed by atoms with Crippen molar-refractivity contribution in [1.82, 2.24) is 29.6 Å². The maximum atomic E-state index is 5.16. The Hall–Kier alpha value is -1.49. The molecule has 0 saturated heterocycles. The molecule has 3 aromatic heterocycles. The number of aromatic nitrogens is 6. The Labute approximate surface area is 129 Å². The first-order valence-corrected chi connectivity index (χ1v) is 8.02. The Morgan fingerprint density at radius 3 is 3.00 bits per heavy atom. The van der Waals surface area contributed by atoms with Crippen LogP contribution in [0.1, 0.15) is 5.69 Å². The number of tetrazole rings is 1. The Balaban J connectivity index is 1.65. The van der Waals surface area contributed by atoms with E-state index >= 15 is 0 Å².